The number of ether oxygens (including phenoxy) is 2. The quantitative estimate of drug-likeness (QED) is 0.605. The van der Waals surface area contributed by atoms with Crippen molar-refractivity contribution in [2.24, 2.45) is 0 Å². The molecule has 1 aromatic rings. The number of hydrogen-bond donors (Lipinski definition) is 2. The van der Waals surface area contributed by atoms with E-state index in [9.17, 15) is 4.79 Å². The highest BCUT2D eigenvalue weighted by Crippen LogP contribution is 1.97. The predicted molar refractivity (Wildman–Crippen MR) is 83.1 cm³/mol. The standard InChI is InChI=1S/C16H26N2O3/c1-14(12-20-2)18-16(19)13-21-10-6-9-17-11-15-7-4-3-5-8-15/h3-5,7-8,14,17H,6,9-13H2,1-2H3,(H,18,19). The van der Waals surface area contributed by atoms with Gasteiger partial charge in [0.1, 0.15) is 6.61 Å². The topological polar surface area (TPSA) is 59.6 Å². The molecule has 1 atom stereocenters. The molecule has 1 amide bonds. The minimum absolute atomic E-state index is 0.0126. The highest BCUT2D eigenvalue weighted by atomic mass is 16.5. The first-order valence-electron chi connectivity index (χ1n) is 7.33. The average molecular weight is 294 g/mol. The number of amides is 1. The van der Waals surface area contributed by atoms with Gasteiger partial charge in [-0.25, -0.2) is 0 Å². The lowest BCUT2D eigenvalue weighted by Crippen LogP contribution is -2.38. The summed E-state index contributed by atoms with van der Waals surface area (Å²) in [6.07, 6.45) is 0.883. The van der Waals surface area contributed by atoms with Crippen LogP contribution in [0.1, 0.15) is 18.9 Å². The van der Waals surface area contributed by atoms with E-state index in [1.54, 1.807) is 7.11 Å². The van der Waals surface area contributed by atoms with Crippen molar-refractivity contribution in [1.29, 1.82) is 0 Å². The third kappa shape index (κ3) is 9.18. The van der Waals surface area contributed by atoms with Crippen molar-refractivity contribution < 1.29 is 14.3 Å². The van der Waals surface area contributed by atoms with Gasteiger partial charge in [0, 0.05) is 26.3 Å². The molecule has 1 unspecified atom stereocenters. The smallest absolute Gasteiger partial charge is 0.246 e. The molecule has 5 nitrogen and oxygen atoms in total. The van der Waals surface area contributed by atoms with Gasteiger partial charge in [0.05, 0.1) is 6.61 Å². The van der Waals surface area contributed by atoms with Crippen LogP contribution in [0.25, 0.3) is 0 Å². The minimum atomic E-state index is -0.100. The molecule has 0 saturated carbocycles. The highest BCUT2D eigenvalue weighted by Gasteiger charge is 2.06. The third-order valence-electron chi connectivity index (χ3n) is 2.87. The van der Waals surface area contributed by atoms with Crippen molar-refractivity contribution in [2.75, 3.05) is 33.5 Å². The Morgan fingerprint density at radius 1 is 1.29 bits per heavy atom. The molecule has 1 aromatic carbocycles. The van der Waals surface area contributed by atoms with Crippen LogP contribution in [0.4, 0.5) is 0 Å². The first-order valence-corrected chi connectivity index (χ1v) is 7.33. The number of benzene rings is 1. The van der Waals surface area contributed by atoms with Crippen LogP contribution >= 0.6 is 0 Å². The molecule has 0 aliphatic heterocycles. The maximum Gasteiger partial charge on any atom is 0.246 e. The second-order valence-corrected chi connectivity index (χ2v) is 4.99. The molecule has 2 N–H and O–H groups in total. The second kappa shape index (κ2) is 11.3. The Hall–Kier alpha value is -1.43. The van der Waals surface area contributed by atoms with Crippen LogP contribution in [0, 0.1) is 0 Å². The number of hydrogen-bond acceptors (Lipinski definition) is 4. The SMILES string of the molecule is COCC(C)NC(=O)COCCCNCc1ccccc1. The summed E-state index contributed by atoms with van der Waals surface area (Å²) >= 11 is 0. The average Bonchev–Trinajstić information content (AvgIpc) is 2.47. The molecule has 0 bridgehead atoms. The van der Waals surface area contributed by atoms with Gasteiger partial charge in [-0.3, -0.25) is 4.79 Å². The zero-order chi connectivity index (χ0) is 15.3. The molecule has 0 aromatic heterocycles. The Bertz CT molecular complexity index is 384. The highest BCUT2D eigenvalue weighted by molar-refractivity contribution is 5.77. The third-order valence-corrected chi connectivity index (χ3v) is 2.87. The summed E-state index contributed by atoms with van der Waals surface area (Å²) in [5.41, 5.74) is 1.27. The van der Waals surface area contributed by atoms with Gasteiger partial charge in [0.25, 0.3) is 0 Å². The Morgan fingerprint density at radius 3 is 2.76 bits per heavy atom. The van der Waals surface area contributed by atoms with Crippen molar-refractivity contribution in [3.8, 4) is 0 Å². The monoisotopic (exact) mass is 294 g/mol. The predicted octanol–water partition coefficient (Wildman–Crippen LogP) is 1.33. The molecule has 118 valence electrons. The molecule has 21 heavy (non-hydrogen) atoms. The van der Waals surface area contributed by atoms with E-state index in [0.717, 1.165) is 19.5 Å². The van der Waals surface area contributed by atoms with Gasteiger partial charge in [-0.2, -0.15) is 0 Å². The zero-order valence-corrected chi connectivity index (χ0v) is 12.9. The van der Waals surface area contributed by atoms with E-state index in [4.69, 9.17) is 9.47 Å². The molecule has 0 aliphatic rings. The van der Waals surface area contributed by atoms with E-state index in [2.05, 4.69) is 22.8 Å². The Balaban J connectivity index is 1.93. The summed E-state index contributed by atoms with van der Waals surface area (Å²) < 4.78 is 10.3. The van der Waals surface area contributed by atoms with Crippen molar-refractivity contribution in [3.05, 3.63) is 35.9 Å². The summed E-state index contributed by atoms with van der Waals surface area (Å²) in [4.78, 5) is 11.5. The van der Waals surface area contributed by atoms with E-state index in [-0.39, 0.29) is 18.6 Å². The molecule has 0 fully saturated rings. The summed E-state index contributed by atoms with van der Waals surface area (Å²) in [6.45, 7) is 4.82. The molecular formula is C16H26N2O3. The number of methoxy groups -OCH3 is 1. The van der Waals surface area contributed by atoms with Crippen LogP contribution in [-0.2, 0) is 20.8 Å². The Kier molecular flexibility index (Phi) is 9.44. The van der Waals surface area contributed by atoms with E-state index in [1.807, 2.05) is 25.1 Å². The number of nitrogens with one attached hydrogen (secondary N) is 2. The maximum atomic E-state index is 11.5. The second-order valence-electron chi connectivity index (χ2n) is 4.99. The molecule has 0 radical (unpaired) electrons. The normalized spacial score (nSPS) is 12.1. The summed E-state index contributed by atoms with van der Waals surface area (Å²) in [7, 11) is 1.61. The fourth-order valence-corrected chi connectivity index (χ4v) is 1.90. The van der Waals surface area contributed by atoms with E-state index in [1.165, 1.54) is 5.56 Å². The first-order chi connectivity index (χ1) is 10.2. The van der Waals surface area contributed by atoms with Crippen molar-refractivity contribution >= 4 is 5.91 Å². The van der Waals surface area contributed by atoms with Crippen LogP contribution < -0.4 is 10.6 Å². The molecule has 1 rings (SSSR count). The molecular weight excluding hydrogens is 268 g/mol. The fourth-order valence-electron chi connectivity index (χ4n) is 1.90. The number of carbonyl (C=O) groups is 1. The van der Waals surface area contributed by atoms with Crippen LogP contribution in [-0.4, -0.2) is 45.4 Å². The molecule has 0 spiro atoms. The maximum absolute atomic E-state index is 11.5. The van der Waals surface area contributed by atoms with E-state index >= 15 is 0 Å². The number of rotatable bonds is 11. The van der Waals surface area contributed by atoms with Gasteiger partial charge in [-0.15, -0.1) is 0 Å². The summed E-state index contributed by atoms with van der Waals surface area (Å²) in [5.74, 6) is -0.100. The van der Waals surface area contributed by atoms with Gasteiger partial charge in [0.15, 0.2) is 0 Å². The number of carbonyl (C=O) groups excluding carboxylic acids is 1. The van der Waals surface area contributed by atoms with Gasteiger partial charge in [-0.1, -0.05) is 30.3 Å². The lowest BCUT2D eigenvalue weighted by molar-refractivity contribution is -0.126. The van der Waals surface area contributed by atoms with Gasteiger partial charge >= 0.3 is 0 Å². The van der Waals surface area contributed by atoms with Crippen LogP contribution in [0.3, 0.4) is 0 Å². The molecule has 0 saturated heterocycles. The van der Waals surface area contributed by atoms with Crippen LogP contribution in [0.15, 0.2) is 30.3 Å². The summed E-state index contributed by atoms with van der Waals surface area (Å²) in [6, 6.07) is 10.3. The molecule has 0 heterocycles. The van der Waals surface area contributed by atoms with Gasteiger partial charge < -0.3 is 20.1 Å². The Labute approximate surface area is 127 Å². The largest absolute Gasteiger partial charge is 0.383 e. The van der Waals surface area contributed by atoms with Gasteiger partial charge in [0.2, 0.25) is 5.91 Å². The van der Waals surface area contributed by atoms with Crippen molar-refractivity contribution in [3.63, 3.8) is 0 Å². The van der Waals surface area contributed by atoms with E-state index in [0.29, 0.717) is 13.2 Å². The first kappa shape index (κ1) is 17.6. The summed E-state index contributed by atoms with van der Waals surface area (Å²) in [5, 5.41) is 6.14. The van der Waals surface area contributed by atoms with Gasteiger partial charge in [-0.05, 0) is 25.5 Å². The minimum Gasteiger partial charge on any atom is -0.383 e. The van der Waals surface area contributed by atoms with Crippen molar-refractivity contribution in [2.45, 2.75) is 25.9 Å². The Morgan fingerprint density at radius 2 is 2.05 bits per heavy atom. The van der Waals surface area contributed by atoms with Crippen LogP contribution in [0.2, 0.25) is 0 Å². The molecule has 0 aliphatic carbocycles. The van der Waals surface area contributed by atoms with E-state index < -0.39 is 0 Å². The lowest BCUT2D eigenvalue weighted by atomic mass is 10.2. The lowest BCUT2D eigenvalue weighted by Gasteiger charge is -2.12. The van der Waals surface area contributed by atoms with Crippen LogP contribution in [0.5, 0.6) is 0 Å². The van der Waals surface area contributed by atoms with Crippen molar-refractivity contribution in [1.82, 2.24) is 10.6 Å². The molecule has 5 heteroatoms. The fraction of sp³-hybridized carbons (Fsp3) is 0.562. The zero-order valence-electron chi connectivity index (χ0n) is 12.9.